The molecule has 1 unspecified atom stereocenters. The molecule has 0 aliphatic heterocycles. The Hall–Kier alpha value is -3.23. The molecule has 0 radical (unpaired) electrons. The highest BCUT2D eigenvalue weighted by Gasteiger charge is 2.22. The highest BCUT2D eigenvalue weighted by atomic mass is 32.2. The lowest BCUT2D eigenvalue weighted by atomic mass is 10.0. The SMILES string of the molecule is CCC(Sc1ncnc2scc(-c3ccc(C)c(C)c3)c12)C(=O)Nc1ccc(NC(C)=O)cc1. The Morgan fingerprint density at radius 2 is 1.71 bits per heavy atom. The molecule has 0 spiro atoms. The average molecular weight is 491 g/mol. The Kier molecular flexibility index (Phi) is 7.29. The van der Waals surface area contributed by atoms with Crippen LogP contribution in [0, 0.1) is 13.8 Å². The third-order valence-electron chi connectivity index (χ3n) is 5.54. The quantitative estimate of drug-likeness (QED) is 0.230. The van der Waals surface area contributed by atoms with Crippen molar-refractivity contribution >= 4 is 56.5 Å². The van der Waals surface area contributed by atoms with Gasteiger partial charge in [0.15, 0.2) is 0 Å². The number of nitrogens with one attached hydrogen (secondary N) is 2. The van der Waals surface area contributed by atoms with E-state index in [9.17, 15) is 9.59 Å². The molecule has 1 atom stereocenters. The van der Waals surface area contributed by atoms with Crippen molar-refractivity contribution in [2.24, 2.45) is 0 Å². The first kappa shape index (κ1) is 23.9. The number of aryl methyl sites for hydroxylation is 2. The van der Waals surface area contributed by atoms with Gasteiger partial charge in [-0.25, -0.2) is 9.97 Å². The molecule has 0 bridgehead atoms. The summed E-state index contributed by atoms with van der Waals surface area (Å²) in [5, 5.41) is 9.30. The Bertz CT molecular complexity index is 1350. The lowest BCUT2D eigenvalue weighted by Crippen LogP contribution is -2.24. The van der Waals surface area contributed by atoms with Crippen molar-refractivity contribution in [1.29, 1.82) is 0 Å². The molecule has 0 aliphatic rings. The summed E-state index contributed by atoms with van der Waals surface area (Å²) >= 11 is 3.05. The summed E-state index contributed by atoms with van der Waals surface area (Å²) in [6, 6.07) is 13.5. The molecule has 0 saturated carbocycles. The summed E-state index contributed by atoms with van der Waals surface area (Å²) < 4.78 is 0. The number of hydrogen-bond acceptors (Lipinski definition) is 6. The monoisotopic (exact) mass is 490 g/mol. The van der Waals surface area contributed by atoms with Crippen LogP contribution in [-0.2, 0) is 9.59 Å². The minimum atomic E-state index is -0.319. The van der Waals surface area contributed by atoms with E-state index in [0.717, 1.165) is 26.4 Å². The Morgan fingerprint density at radius 1 is 1.00 bits per heavy atom. The van der Waals surface area contributed by atoms with E-state index in [0.29, 0.717) is 17.8 Å². The average Bonchev–Trinajstić information content (AvgIpc) is 3.25. The van der Waals surface area contributed by atoms with Gasteiger partial charge in [0.05, 0.1) is 10.6 Å². The van der Waals surface area contributed by atoms with E-state index < -0.39 is 0 Å². The van der Waals surface area contributed by atoms with Gasteiger partial charge in [-0.05, 0) is 61.2 Å². The maximum absolute atomic E-state index is 13.1. The molecule has 0 fully saturated rings. The van der Waals surface area contributed by atoms with Gasteiger partial charge < -0.3 is 10.6 Å². The second-order valence-corrected chi connectivity index (χ2v) is 10.1. The van der Waals surface area contributed by atoms with E-state index in [2.05, 4.69) is 58.0 Å². The molecule has 2 aromatic carbocycles. The van der Waals surface area contributed by atoms with Gasteiger partial charge in [-0.1, -0.05) is 36.9 Å². The van der Waals surface area contributed by atoms with Crippen LogP contribution < -0.4 is 10.6 Å². The summed E-state index contributed by atoms with van der Waals surface area (Å²) in [5.41, 5.74) is 6.07. The Balaban J connectivity index is 1.58. The standard InChI is InChI=1S/C26H26N4O2S2/c1-5-22(24(32)30-20-10-8-19(9-11-20)29-17(4)31)34-26-23-21(13-33-25(23)27-14-28-26)18-7-6-15(2)16(3)12-18/h6-14,22H,5H2,1-4H3,(H,29,31)(H,30,32). The second-order valence-electron chi connectivity index (χ2n) is 8.07. The topological polar surface area (TPSA) is 84.0 Å². The van der Waals surface area contributed by atoms with Crippen LogP contribution >= 0.6 is 23.1 Å². The highest BCUT2D eigenvalue weighted by Crippen LogP contribution is 2.40. The summed E-state index contributed by atoms with van der Waals surface area (Å²) in [6.07, 6.45) is 2.21. The van der Waals surface area contributed by atoms with Crippen LogP contribution in [0.4, 0.5) is 11.4 Å². The summed E-state index contributed by atoms with van der Waals surface area (Å²) in [7, 11) is 0. The number of anilines is 2. The molecule has 2 N–H and O–H groups in total. The molecule has 6 nitrogen and oxygen atoms in total. The molecule has 2 aromatic heterocycles. The van der Waals surface area contributed by atoms with Crippen molar-refractivity contribution in [1.82, 2.24) is 9.97 Å². The number of fused-ring (bicyclic) bond motifs is 1. The zero-order valence-corrected chi connectivity index (χ0v) is 21.1. The molecule has 4 aromatic rings. The van der Waals surface area contributed by atoms with Crippen LogP contribution in [0.5, 0.6) is 0 Å². The molecule has 2 heterocycles. The Morgan fingerprint density at radius 3 is 2.35 bits per heavy atom. The predicted octanol–water partition coefficient (Wildman–Crippen LogP) is 6.44. The smallest absolute Gasteiger partial charge is 0.237 e. The third-order valence-corrected chi connectivity index (χ3v) is 7.79. The van der Waals surface area contributed by atoms with E-state index in [1.807, 2.05) is 6.92 Å². The number of carbonyl (C=O) groups excluding carboxylic acids is 2. The van der Waals surface area contributed by atoms with E-state index in [1.165, 1.54) is 29.8 Å². The molecular weight excluding hydrogens is 464 g/mol. The van der Waals surface area contributed by atoms with Crippen molar-refractivity contribution in [2.45, 2.75) is 44.4 Å². The van der Waals surface area contributed by atoms with Crippen LogP contribution in [-0.4, -0.2) is 27.0 Å². The summed E-state index contributed by atoms with van der Waals surface area (Å²) in [6.45, 7) is 7.67. The zero-order valence-electron chi connectivity index (χ0n) is 19.5. The van der Waals surface area contributed by atoms with Crippen molar-refractivity contribution in [3.8, 4) is 11.1 Å². The maximum atomic E-state index is 13.1. The van der Waals surface area contributed by atoms with Gasteiger partial charge in [0.1, 0.15) is 16.2 Å². The summed E-state index contributed by atoms with van der Waals surface area (Å²) in [4.78, 5) is 34.2. The molecule has 34 heavy (non-hydrogen) atoms. The number of amides is 2. The van der Waals surface area contributed by atoms with Gasteiger partial charge >= 0.3 is 0 Å². The molecular formula is C26H26N4O2S2. The minimum Gasteiger partial charge on any atom is -0.326 e. The lowest BCUT2D eigenvalue weighted by Gasteiger charge is -2.15. The van der Waals surface area contributed by atoms with Crippen molar-refractivity contribution in [3.05, 3.63) is 65.3 Å². The van der Waals surface area contributed by atoms with Crippen LogP contribution in [0.15, 0.2) is 59.2 Å². The lowest BCUT2D eigenvalue weighted by molar-refractivity contribution is -0.116. The normalized spacial score (nSPS) is 11.9. The highest BCUT2D eigenvalue weighted by molar-refractivity contribution is 8.00. The number of nitrogens with zero attached hydrogens (tertiary/aromatic N) is 2. The van der Waals surface area contributed by atoms with Crippen LogP contribution in [0.3, 0.4) is 0 Å². The first-order valence-corrected chi connectivity index (χ1v) is 12.8. The first-order chi connectivity index (χ1) is 16.4. The predicted molar refractivity (Wildman–Crippen MR) is 142 cm³/mol. The van der Waals surface area contributed by atoms with E-state index in [4.69, 9.17) is 0 Å². The Labute approximate surface area is 207 Å². The number of carbonyl (C=O) groups is 2. The molecule has 2 amide bonds. The van der Waals surface area contributed by atoms with Crippen LogP contribution in [0.25, 0.3) is 21.3 Å². The first-order valence-electron chi connectivity index (χ1n) is 11.0. The van der Waals surface area contributed by atoms with Gasteiger partial charge in [-0.3, -0.25) is 9.59 Å². The number of aromatic nitrogens is 2. The number of benzene rings is 2. The number of thioether (sulfide) groups is 1. The fraction of sp³-hybridized carbons (Fsp3) is 0.231. The van der Waals surface area contributed by atoms with Gasteiger partial charge in [0, 0.05) is 29.2 Å². The third kappa shape index (κ3) is 5.29. The maximum Gasteiger partial charge on any atom is 0.237 e. The van der Waals surface area contributed by atoms with Crippen LogP contribution in [0.1, 0.15) is 31.4 Å². The molecule has 8 heteroatoms. The van der Waals surface area contributed by atoms with Crippen molar-refractivity contribution in [2.75, 3.05) is 10.6 Å². The van der Waals surface area contributed by atoms with Gasteiger partial charge in [0.25, 0.3) is 0 Å². The minimum absolute atomic E-state index is 0.0884. The van der Waals surface area contributed by atoms with E-state index >= 15 is 0 Å². The van der Waals surface area contributed by atoms with E-state index in [1.54, 1.807) is 41.9 Å². The molecule has 174 valence electrons. The van der Waals surface area contributed by atoms with Crippen LogP contribution in [0.2, 0.25) is 0 Å². The number of rotatable bonds is 7. The van der Waals surface area contributed by atoms with E-state index in [-0.39, 0.29) is 17.1 Å². The number of thiophene rings is 1. The largest absolute Gasteiger partial charge is 0.326 e. The van der Waals surface area contributed by atoms with Gasteiger partial charge in [-0.2, -0.15) is 0 Å². The summed E-state index contributed by atoms with van der Waals surface area (Å²) in [5.74, 6) is -0.224. The second kappa shape index (κ2) is 10.4. The molecule has 4 rings (SSSR count). The van der Waals surface area contributed by atoms with Crippen molar-refractivity contribution < 1.29 is 9.59 Å². The van der Waals surface area contributed by atoms with Crippen molar-refractivity contribution in [3.63, 3.8) is 0 Å². The van der Waals surface area contributed by atoms with Gasteiger partial charge in [0.2, 0.25) is 11.8 Å². The fourth-order valence-corrected chi connectivity index (χ4v) is 5.59. The fourth-order valence-electron chi connectivity index (χ4n) is 3.58. The number of hydrogen-bond donors (Lipinski definition) is 2. The molecule has 0 aliphatic carbocycles. The molecule has 0 saturated heterocycles. The van der Waals surface area contributed by atoms with Gasteiger partial charge in [-0.15, -0.1) is 11.3 Å². The zero-order chi connectivity index (χ0) is 24.2.